The van der Waals surface area contributed by atoms with Gasteiger partial charge in [-0.15, -0.1) is 0 Å². The summed E-state index contributed by atoms with van der Waals surface area (Å²) in [5.74, 6) is -2.52. The molecule has 0 atom stereocenters. The number of fused-ring (bicyclic) bond motifs is 1. The molecule has 1 aromatic rings. The third kappa shape index (κ3) is 3.41. The van der Waals surface area contributed by atoms with Gasteiger partial charge in [0, 0.05) is 11.0 Å². The van der Waals surface area contributed by atoms with Gasteiger partial charge in [0.1, 0.15) is 12.4 Å². The molecule has 1 aliphatic heterocycles. The van der Waals surface area contributed by atoms with E-state index in [2.05, 4.69) is 20.7 Å². The van der Waals surface area contributed by atoms with Crippen LogP contribution in [0.15, 0.2) is 16.6 Å². The highest BCUT2D eigenvalue weighted by Crippen LogP contribution is 2.36. The predicted octanol–water partition coefficient (Wildman–Crippen LogP) is 2.70. The number of halogens is 5. The number of carbonyl (C=O) groups is 2. The highest BCUT2D eigenvalue weighted by molar-refractivity contribution is 9.10. The zero-order valence-corrected chi connectivity index (χ0v) is 11.9. The smallest absolute Gasteiger partial charge is 0.370 e. The largest absolute Gasteiger partial charge is 0.411 e. The number of hydrogen-bond donors (Lipinski definition) is 0. The van der Waals surface area contributed by atoms with E-state index < -0.39 is 36.9 Å². The molecule has 0 bridgehead atoms. The van der Waals surface area contributed by atoms with E-state index in [4.69, 9.17) is 0 Å². The maximum atomic E-state index is 13.2. The molecule has 0 aromatic heterocycles. The van der Waals surface area contributed by atoms with Crippen LogP contribution in [0.3, 0.4) is 0 Å². The van der Waals surface area contributed by atoms with E-state index >= 15 is 0 Å². The first-order valence-electron chi connectivity index (χ1n) is 5.70. The summed E-state index contributed by atoms with van der Waals surface area (Å²) < 4.78 is 53.6. The summed E-state index contributed by atoms with van der Waals surface area (Å²) in [4.78, 5) is 24.4. The number of benzene rings is 1. The van der Waals surface area contributed by atoms with Crippen LogP contribution in [-0.4, -0.2) is 37.6 Å². The van der Waals surface area contributed by atoms with Crippen LogP contribution in [0.25, 0.3) is 0 Å². The first kappa shape index (κ1) is 15.9. The van der Waals surface area contributed by atoms with Gasteiger partial charge < -0.3 is 9.64 Å². The number of rotatable bonds is 4. The molecule has 1 aromatic carbocycles. The van der Waals surface area contributed by atoms with Gasteiger partial charge in [0.25, 0.3) is 11.7 Å². The van der Waals surface area contributed by atoms with Crippen LogP contribution >= 0.6 is 15.9 Å². The van der Waals surface area contributed by atoms with Crippen molar-refractivity contribution < 1.29 is 31.9 Å². The lowest BCUT2D eigenvalue weighted by atomic mass is 10.1. The first-order chi connectivity index (χ1) is 9.70. The highest BCUT2D eigenvalue weighted by Gasteiger charge is 2.38. The fraction of sp³-hybridized carbons (Fsp3) is 0.333. The van der Waals surface area contributed by atoms with Gasteiger partial charge in [-0.3, -0.25) is 9.59 Å². The van der Waals surface area contributed by atoms with Crippen molar-refractivity contribution >= 4 is 33.3 Å². The van der Waals surface area contributed by atoms with Gasteiger partial charge in [-0.1, -0.05) is 0 Å². The zero-order valence-electron chi connectivity index (χ0n) is 10.3. The van der Waals surface area contributed by atoms with Crippen LogP contribution in [0.2, 0.25) is 0 Å². The molecule has 0 N–H and O–H groups in total. The van der Waals surface area contributed by atoms with Crippen molar-refractivity contribution in [3.05, 3.63) is 28.0 Å². The summed E-state index contributed by atoms with van der Waals surface area (Å²) in [7, 11) is 0. The molecule has 0 saturated heterocycles. The number of anilines is 1. The van der Waals surface area contributed by atoms with E-state index in [0.717, 1.165) is 17.0 Å². The third-order valence-corrected chi connectivity index (χ3v) is 3.31. The van der Waals surface area contributed by atoms with Crippen LogP contribution < -0.4 is 4.90 Å². The van der Waals surface area contributed by atoms with Crippen molar-refractivity contribution in [1.82, 2.24) is 0 Å². The minimum Gasteiger partial charge on any atom is -0.370 e. The number of amides is 1. The monoisotopic (exact) mass is 369 g/mol. The lowest BCUT2D eigenvalue weighted by Crippen LogP contribution is -2.33. The molecule has 114 valence electrons. The minimum absolute atomic E-state index is 0.123. The number of hydrogen-bond acceptors (Lipinski definition) is 3. The number of Topliss-reactive ketones (excluding diaryl/α,β-unsaturated/α-hetero) is 1. The van der Waals surface area contributed by atoms with Gasteiger partial charge in [-0.05, 0) is 28.1 Å². The standard InChI is InChI=1S/C12H8BrF4NO3/c13-8-4-6(14)3-7-9(8)18(11(20)10(7)19)1-2-21-5-12(15,16)17/h3-4H,1-2,5H2. The maximum Gasteiger partial charge on any atom is 0.411 e. The molecule has 1 heterocycles. The van der Waals surface area contributed by atoms with Gasteiger partial charge in [0.15, 0.2) is 0 Å². The van der Waals surface area contributed by atoms with Crippen molar-refractivity contribution in [2.45, 2.75) is 6.18 Å². The van der Waals surface area contributed by atoms with Crippen LogP contribution in [0.5, 0.6) is 0 Å². The summed E-state index contributed by atoms with van der Waals surface area (Å²) in [5.41, 5.74) is 0.0182. The molecule has 0 unspecified atom stereocenters. The van der Waals surface area contributed by atoms with E-state index in [1.807, 2.05) is 0 Å². The molecule has 2 rings (SSSR count). The number of ketones is 1. The number of ether oxygens (including phenoxy) is 1. The number of carbonyl (C=O) groups excluding carboxylic acids is 2. The van der Waals surface area contributed by atoms with Gasteiger partial charge in [0.05, 0.1) is 17.9 Å². The molecular formula is C12H8BrF4NO3. The first-order valence-corrected chi connectivity index (χ1v) is 6.50. The average molecular weight is 370 g/mol. The third-order valence-electron chi connectivity index (χ3n) is 2.71. The van der Waals surface area contributed by atoms with Crippen molar-refractivity contribution in [3.63, 3.8) is 0 Å². The highest BCUT2D eigenvalue weighted by atomic mass is 79.9. The van der Waals surface area contributed by atoms with E-state index in [0.29, 0.717) is 0 Å². The van der Waals surface area contributed by atoms with Crippen LogP contribution in [-0.2, 0) is 9.53 Å². The summed E-state index contributed by atoms with van der Waals surface area (Å²) in [6.45, 7) is -2.08. The van der Waals surface area contributed by atoms with Gasteiger partial charge in [-0.2, -0.15) is 13.2 Å². The summed E-state index contributed by atoms with van der Waals surface area (Å²) in [6.07, 6.45) is -4.47. The van der Waals surface area contributed by atoms with E-state index in [9.17, 15) is 27.2 Å². The summed E-state index contributed by atoms with van der Waals surface area (Å²) >= 11 is 3.03. The Balaban J connectivity index is 2.12. The molecule has 1 amide bonds. The molecule has 0 aliphatic carbocycles. The second kappa shape index (κ2) is 5.72. The Kier molecular flexibility index (Phi) is 4.33. The van der Waals surface area contributed by atoms with Crippen molar-refractivity contribution in [2.24, 2.45) is 0 Å². The van der Waals surface area contributed by atoms with Crippen LogP contribution in [0.1, 0.15) is 10.4 Å². The Morgan fingerprint density at radius 3 is 2.52 bits per heavy atom. The van der Waals surface area contributed by atoms with Crippen molar-refractivity contribution in [3.8, 4) is 0 Å². The second-order valence-corrected chi connectivity index (χ2v) is 5.09. The predicted molar refractivity (Wildman–Crippen MR) is 67.7 cm³/mol. The molecule has 0 spiro atoms. The summed E-state index contributed by atoms with van der Waals surface area (Å²) in [5, 5.41) is 0. The van der Waals surface area contributed by atoms with Gasteiger partial charge in [-0.25, -0.2) is 4.39 Å². The lowest BCUT2D eigenvalue weighted by Gasteiger charge is -2.18. The minimum atomic E-state index is -4.47. The van der Waals surface area contributed by atoms with Crippen LogP contribution in [0.4, 0.5) is 23.2 Å². The number of nitrogens with zero attached hydrogens (tertiary/aromatic N) is 1. The molecule has 21 heavy (non-hydrogen) atoms. The second-order valence-electron chi connectivity index (χ2n) is 4.24. The SMILES string of the molecule is O=C1C(=O)N(CCOCC(F)(F)F)c2c(Br)cc(F)cc21. The molecule has 9 heteroatoms. The Morgan fingerprint density at radius 2 is 1.90 bits per heavy atom. The molecule has 0 radical (unpaired) electrons. The van der Waals surface area contributed by atoms with Crippen molar-refractivity contribution in [1.29, 1.82) is 0 Å². The number of alkyl halides is 3. The molecular weight excluding hydrogens is 362 g/mol. The quantitative estimate of drug-likeness (QED) is 0.465. The fourth-order valence-corrected chi connectivity index (χ4v) is 2.56. The molecule has 4 nitrogen and oxygen atoms in total. The molecule has 1 aliphatic rings. The Labute approximate surface area is 124 Å². The van der Waals surface area contributed by atoms with Gasteiger partial charge >= 0.3 is 6.18 Å². The normalized spacial score (nSPS) is 14.8. The topological polar surface area (TPSA) is 46.6 Å². The summed E-state index contributed by atoms with van der Waals surface area (Å²) in [6, 6.07) is 1.98. The fourth-order valence-electron chi connectivity index (χ4n) is 1.91. The zero-order chi connectivity index (χ0) is 15.8. The van der Waals surface area contributed by atoms with Crippen LogP contribution in [0, 0.1) is 5.82 Å². The lowest BCUT2D eigenvalue weighted by molar-refractivity contribution is -0.173. The Bertz CT molecular complexity index is 603. The van der Waals surface area contributed by atoms with E-state index in [1.54, 1.807) is 0 Å². The van der Waals surface area contributed by atoms with E-state index in [1.165, 1.54) is 0 Å². The Hall–Kier alpha value is -1.48. The van der Waals surface area contributed by atoms with Gasteiger partial charge in [0.2, 0.25) is 0 Å². The average Bonchev–Trinajstić information content (AvgIpc) is 2.58. The Morgan fingerprint density at radius 1 is 1.24 bits per heavy atom. The molecule has 0 fully saturated rings. The van der Waals surface area contributed by atoms with E-state index in [-0.39, 0.29) is 22.3 Å². The molecule has 0 saturated carbocycles. The maximum absolute atomic E-state index is 13.2. The van der Waals surface area contributed by atoms with Crippen molar-refractivity contribution in [2.75, 3.05) is 24.7 Å².